The van der Waals surface area contributed by atoms with Crippen LogP contribution in [0.2, 0.25) is 0 Å². The van der Waals surface area contributed by atoms with Crippen LogP contribution in [0.1, 0.15) is 6.92 Å². The van der Waals surface area contributed by atoms with Crippen LogP contribution in [0.15, 0.2) is 0 Å². The molecule has 1 fully saturated rings. The van der Waals surface area contributed by atoms with Crippen LogP contribution < -0.4 is 5.32 Å². The maximum atomic E-state index is 13.6. The number of aliphatic hydroxyl groups excluding tert-OH is 4. The second-order valence-electron chi connectivity index (χ2n) is 3.61. The van der Waals surface area contributed by atoms with Gasteiger partial charge in [-0.3, -0.25) is 4.79 Å². The van der Waals surface area contributed by atoms with Crippen LogP contribution in [0.25, 0.3) is 0 Å². The van der Waals surface area contributed by atoms with Crippen LogP contribution in [-0.4, -0.2) is 63.3 Å². The van der Waals surface area contributed by atoms with Gasteiger partial charge in [-0.05, 0) is 0 Å². The van der Waals surface area contributed by atoms with Gasteiger partial charge >= 0.3 is 0 Å². The minimum Gasteiger partial charge on any atom is -0.390 e. The largest absolute Gasteiger partial charge is 0.390 e. The quantitative estimate of drug-likeness (QED) is 0.355. The van der Waals surface area contributed by atoms with Gasteiger partial charge < -0.3 is 30.5 Å². The summed E-state index contributed by atoms with van der Waals surface area (Å²) in [5.74, 6) is -3.54. The third-order valence-corrected chi connectivity index (χ3v) is 2.34. The first-order chi connectivity index (χ1) is 7.31. The van der Waals surface area contributed by atoms with E-state index >= 15 is 0 Å². The van der Waals surface area contributed by atoms with Crippen LogP contribution in [0.5, 0.6) is 0 Å². The number of aliphatic hydroxyl groups is 4. The zero-order valence-corrected chi connectivity index (χ0v) is 8.50. The fourth-order valence-corrected chi connectivity index (χ4v) is 1.49. The van der Waals surface area contributed by atoms with Gasteiger partial charge in [-0.2, -0.15) is 0 Å². The van der Waals surface area contributed by atoms with Crippen LogP contribution in [-0.2, 0) is 9.53 Å². The number of amides is 1. The summed E-state index contributed by atoms with van der Waals surface area (Å²) in [5.41, 5.74) is 0. The zero-order chi connectivity index (χ0) is 12.5. The maximum Gasteiger partial charge on any atom is 0.263 e. The Bertz CT molecular complexity index is 277. The van der Waals surface area contributed by atoms with Crippen molar-refractivity contribution in [2.45, 2.75) is 37.3 Å². The molecule has 0 spiro atoms. The summed E-state index contributed by atoms with van der Waals surface area (Å²) in [6.07, 6.45) is -5.72. The number of halogens is 1. The summed E-state index contributed by atoms with van der Waals surface area (Å²) < 4.78 is 17.9. The fourth-order valence-electron chi connectivity index (χ4n) is 1.49. The van der Waals surface area contributed by atoms with Crippen molar-refractivity contribution in [1.82, 2.24) is 5.32 Å². The molecule has 1 unspecified atom stereocenters. The molecular weight excluding hydrogens is 225 g/mol. The highest BCUT2D eigenvalue weighted by atomic mass is 19.2. The van der Waals surface area contributed by atoms with Crippen LogP contribution >= 0.6 is 0 Å². The maximum absolute atomic E-state index is 13.6. The molecule has 0 aliphatic carbocycles. The van der Waals surface area contributed by atoms with Crippen molar-refractivity contribution >= 4 is 5.91 Å². The summed E-state index contributed by atoms with van der Waals surface area (Å²) in [6.45, 7) is -0.107. The SMILES string of the molecule is CC(=O)N[C@H]1C(O)O[C@@](F)(CO)[C@@H](O)[C@@H]1O. The van der Waals surface area contributed by atoms with Crippen molar-refractivity contribution in [3.63, 3.8) is 0 Å². The number of hydrogen-bond acceptors (Lipinski definition) is 6. The Morgan fingerprint density at radius 1 is 1.50 bits per heavy atom. The highest BCUT2D eigenvalue weighted by Crippen LogP contribution is 2.30. The standard InChI is InChI=1S/C8H14FNO6/c1-3(12)10-4-5(13)6(14)8(9,2-11)16-7(4)15/h4-7,11,13-15H,2H2,1H3,(H,10,12)/t4-,5-,6+,7?,8+/m1/s1. The third kappa shape index (κ3) is 2.30. The van der Waals surface area contributed by atoms with E-state index in [1.165, 1.54) is 0 Å². The topological polar surface area (TPSA) is 119 Å². The Kier molecular flexibility index (Phi) is 3.81. The summed E-state index contributed by atoms with van der Waals surface area (Å²) in [6, 6.07) is -1.36. The molecule has 0 aromatic carbocycles. The highest BCUT2D eigenvalue weighted by molar-refractivity contribution is 5.73. The first-order valence-electron chi connectivity index (χ1n) is 4.60. The lowest BCUT2D eigenvalue weighted by molar-refractivity contribution is -0.345. The number of nitrogens with one attached hydrogen (secondary N) is 1. The van der Waals surface area contributed by atoms with E-state index in [-0.39, 0.29) is 0 Å². The predicted octanol–water partition coefficient (Wildman–Crippen LogP) is -2.78. The molecule has 1 aliphatic rings. The molecule has 1 heterocycles. The molecule has 16 heavy (non-hydrogen) atoms. The van der Waals surface area contributed by atoms with Gasteiger partial charge in [0, 0.05) is 6.92 Å². The first kappa shape index (κ1) is 13.3. The van der Waals surface area contributed by atoms with Gasteiger partial charge in [0.2, 0.25) is 5.91 Å². The van der Waals surface area contributed by atoms with Crippen LogP contribution in [0, 0.1) is 0 Å². The van der Waals surface area contributed by atoms with Gasteiger partial charge in [-0.1, -0.05) is 0 Å². The Morgan fingerprint density at radius 2 is 2.06 bits per heavy atom. The van der Waals surface area contributed by atoms with Crippen molar-refractivity contribution < 1.29 is 34.3 Å². The molecule has 1 rings (SSSR count). The zero-order valence-electron chi connectivity index (χ0n) is 8.50. The number of ether oxygens (including phenoxy) is 1. The molecule has 5 atom stereocenters. The number of hydrogen-bond donors (Lipinski definition) is 5. The third-order valence-electron chi connectivity index (χ3n) is 2.34. The minimum atomic E-state index is -2.95. The van der Waals surface area contributed by atoms with Gasteiger partial charge in [0.05, 0.1) is 0 Å². The summed E-state index contributed by atoms with van der Waals surface area (Å²) >= 11 is 0. The Hall–Kier alpha value is -0.800. The summed E-state index contributed by atoms with van der Waals surface area (Å²) in [4.78, 5) is 10.7. The van der Waals surface area contributed by atoms with Crippen molar-refractivity contribution in [3.8, 4) is 0 Å². The van der Waals surface area contributed by atoms with E-state index in [4.69, 9.17) is 5.11 Å². The molecule has 5 N–H and O–H groups in total. The van der Waals surface area contributed by atoms with E-state index in [0.717, 1.165) is 6.92 Å². The lowest BCUT2D eigenvalue weighted by Crippen LogP contribution is -2.67. The lowest BCUT2D eigenvalue weighted by Gasteiger charge is -2.43. The smallest absolute Gasteiger partial charge is 0.263 e. The molecule has 8 heteroatoms. The molecule has 1 saturated heterocycles. The lowest BCUT2D eigenvalue weighted by atomic mass is 9.95. The number of carbonyl (C=O) groups is 1. The molecule has 1 aliphatic heterocycles. The molecule has 0 aromatic rings. The summed E-state index contributed by atoms with van der Waals surface area (Å²) in [7, 11) is 0. The summed E-state index contributed by atoms with van der Waals surface area (Å²) in [5, 5.41) is 38.9. The van der Waals surface area contributed by atoms with E-state index in [2.05, 4.69) is 10.1 Å². The van der Waals surface area contributed by atoms with E-state index in [9.17, 15) is 24.5 Å². The van der Waals surface area contributed by atoms with E-state index < -0.39 is 42.9 Å². The van der Waals surface area contributed by atoms with Crippen molar-refractivity contribution in [1.29, 1.82) is 0 Å². The average molecular weight is 239 g/mol. The van der Waals surface area contributed by atoms with Crippen LogP contribution in [0.3, 0.4) is 0 Å². The molecular formula is C8H14FNO6. The van der Waals surface area contributed by atoms with Crippen molar-refractivity contribution in [2.75, 3.05) is 6.61 Å². The van der Waals surface area contributed by atoms with Crippen LogP contribution in [0.4, 0.5) is 4.39 Å². The fraction of sp³-hybridized carbons (Fsp3) is 0.875. The second-order valence-corrected chi connectivity index (χ2v) is 3.61. The van der Waals surface area contributed by atoms with Gasteiger partial charge in [-0.25, -0.2) is 4.39 Å². The average Bonchev–Trinajstić information content (AvgIpc) is 2.21. The number of alkyl halides is 1. The van der Waals surface area contributed by atoms with E-state index in [1.54, 1.807) is 0 Å². The van der Waals surface area contributed by atoms with Gasteiger partial charge in [0.15, 0.2) is 6.29 Å². The first-order valence-corrected chi connectivity index (χ1v) is 4.60. The highest BCUT2D eigenvalue weighted by Gasteiger charge is 2.54. The van der Waals surface area contributed by atoms with Gasteiger partial charge in [-0.15, -0.1) is 0 Å². The molecule has 0 bridgehead atoms. The Labute approximate surface area is 90.5 Å². The Morgan fingerprint density at radius 3 is 2.50 bits per heavy atom. The van der Waals surface area contributed by atoms with E-state index in [0.29, 0.717) is 0 Å². The van der Waals surface area contributed by atoms with Gasteiger partial charge in [0.25, 0.3) is 5.85 Å². The molecule has 1 amide bonds. The molecule has 94 valence electrons. The number of rotatable bonds is 2. The molecule has 0 radical (unpaired) electrons. The second kappa shape index (κ2) is 4.60. The molecule has 7 nitrogen and oxygen atoms in total. The van der Waals surface area contributed by atoms with Crippen molar-refractivity contribution in [2.24, 2.45) is 0 Å². The normalized spacial score (nSPS) is 44.1. The molecule has 0 aromatic heterocycles. The monoisotopic (exact) mass is 239 g/mol. The molecule has 0 saturated carbocycles. The predicted molar refractivity (Wildman–Crippen MR) is 47.6 cm³/mol. The van der Waals surface area contributed by atoms with Crippen molar-refractivity contribution in [3.05, 3.63) is 0 Å². The Balaban J connectivity index is 2.83. The minimum absolute atomic E-state index is 0.589. The number of carbonyl (C=O) groups excluding carboxylic acids is 1. The van der Waals surface area contributed by atoms with Gasteiger partial charge in [0.1, 0.15) is 24.9 Å². The van der Waals surface area contributed by atoms with E-state index in [1.807, 2.05) is 0 Å².